The van der Waals surface area contributed by atoms with Gasteiger partial charge >= 0.3 is 5.97 Å². The lowest BCUT2D eigenvalue weighted by Crippen LogP contribution is -2.62. The van der Waals surface area contributed by atoms with Crippen molar-refractivity contribution in [1.29, 1.82) is 0 Å². The minimum Gasteiger partial charge on any atom is -0.481 e. The highest BCUT2D eigenvalue weighted by Gasteiger charge is 2.57. The van der Waals surface area contributed by atoms with Crippen molar-refractivity contribution in [3.63, 3.8) is 0 Å². The molecule has 8 heteroatoms. The number of nitrogens with zero attached hydrogens (tertiary/aromatic N) is 3. The number of thioether (sulfide) groups is 1. The fourth-order valence-corrected chi connectivity index (χ4v) is 8.76. The highest BCUT2D eigenvalue weighted by molar-refractivity contribution is 7.99. The molecule has 198 valence electrons. The van der Waals surface area contributed by atoms with Crippen LogP contribution in [0.5, 0.6) is 0 Å². The number of anilines is 1. The summed E-state index contributed by atoms with van der Waals surface area (Å²) in [6, 6.07) is 4.21. The summed E-state index contributed by atoms with van der Waals surface area (Å²) in [5, 5.41) is 10.0. The van der Waals surface area contributed by atoms with Crippen LogP contribution in [0.3, 0.4) is 0 Å². The molecule has 2 unspecified atom stereocenters. The van der Waals surface area contributed by atoms with Crippen LogP contribution in [0.25, 0.3) is 0 Å². The third-order valence-electron chi connectivity index (χ3n) is 9.19. The summed E-state index contributed by atoms with van der Waals surface area (Å²) in [5.41, 5.74) is 0.740. The lowest BCUT2D eigenvalue weighted by Gasteiger charge is -2.60. The molecule has 1 saturated heterocycles. The van der Waals surface area contributed by atoms with E-state index < -0.39 is 5.97 Å². The summed E-state index contributed by atoms with van der Waals surface area (Å²) < 4.78 is 6.03. The van der Waals surface area contributed by atoms with Crippen LogP contribution in [0.15, 0.2) is 17.2 Å². The Morgan fingerprint density at radius 1 is 1.25 bits per heavy atom. The first kappa shape index (κ1) is 25.8. The second-order valence-electron chi connectivity index (χ2n) is 11.7. The molecule has 1 aliphatic heterocycles. The van der Waals surface area contributed by atoms with Crippen molar-refractivity contribution in [2.45, 2.75) is 81.4 Å². The smallest absolute Gasteiger partial charge is 0.303 e. The molecule has 5 fully saturated rings. The summed E-state index contributed by atoms with van der Waals surface area (Å²) in [5.74, 6) is 3.04. The highest BCUT2D eigenvalue weighted by atomic mass is 32.2. The van der Waals surface area contributed by atoms with Crippen molar-refractivity contribution in [1.82, 2.24) is 9.88 Å². The van der Waals surface area contributed by atoms with Gasteiger partial charge in [0.15, 0.2) is 0 Å². The second kappa shape index (κ2) is 10.5. The molecular formula is C28H41N3O4S. The first-order valence-corrected chi connectivity index (χ1v) is 14.7. The molecule has 1 N–H and O–H groups in total. The van der Waals surface area contributed by atoms with Gasteiger partial charge in [0.05, 0.1) is 11.2 Å². The van der Waals surface area contributed by atoms with Crippen LogP contribution < -0.4 is 4.90 Å². The van der Waals surface area contributed by atoms with Crippen molar-refractivity contribution in [2.75, 3.05) is 37.9 Å². The predicted molar refractivity (Wildman–Crippen MR) is 142 cm³/mol. The molecule has 0 spiro atoms. The number of aromatic nitrogens is 1. The number of piperidine rings is 1. The molecular weight excluding hydrogens is 474 g/mol. The van der Waals surface area contributed by atoms with Crippen molar-refractivity contribution in [2.24, 2.45) is 23.7 Å². The molecule has 7 nitrogen and oxygen atoms in total. The zero-order chi connectivity index (χ0) is 25.4. The predicted octanol–water partition coefficient (Wildman–Crippen LogP) is 4.94. The number of ether oxygens (including phenoxy) is 1. The van der Waals surface area contributed by atoms with E-state index in [2.05, 4.69) is 11.8 Å². The molecule has 5 aliphatic rings. The number of hydrogen-bond donors (Lipinski definition) is 1. The SMILES string of the molecule is CCCSc1nc(N2CCC[C@@H](CC(=O)O)C2)ccc1C(=O)N(C)[C@H]1C2CC3CC1C[C@](OC)(C3)C2. The number of methoxy groups -OCH3 is 1. The van der Waals surface area contributed by atoms with Gasteiger partial charge in [-0.05, 0) is 92.9 Å². The van der Waals surface area contributed by atoms with Gasteiger partial charge in [0, 0.05) is 39.7 Å². The van der Waals surface area contributed by atoms with Crippen molar-refractivity contribution in [3.8, 4) is 0 Å². The van der Waals surface area contributed by atoms with Crippen LogP contribution >= 0.6 is 11.8 Å². The van der Waals surface area contributed by atoms with Crippen LogP contribution in [-0.2, 0) is 9.53 Å². The summed E-state index contributed by atoms with van der Waals surface area (Å²) in [6.07, 6.45) is 8.87. The van der Waals surface area contributed by atoms with Gasteiger partial charge in [-0.1, -0.05) is 6.92 Å². The number of hydrogen-bond acceptors (Lipinski definition) is 6. The average Bonchev–Trinajstić information content (AvgIpc) is 2.86. The Morgan fingerprint density at radius 2 is 2.00 bits per heavy atom. The van der Waals surface area contributed by atoms with Gasteiger partial charge in [0.25, 0.3) is 5.91 Å². The molecule has 4 bridgehead atoms. The Morgan fingerprint density at radius 3 is 2.67 bits per heavy atom. The molecule has 1 aromatic heterocycles. The lowest BCUT2D eigenvalue weighted by molar-refractivity contribution is -0.168. The van der Waals surface area contributed by atoms with E-state index in [1.807, 2.05) is 31.2 Å². The Bertz CT molecular complexity index is 972. The first-order chi connectivity index (χ1) is 17.3. The van der Waals surface area contributed by atoms with E-state index in [1.165, 1.54) is 19.3 Å². The van der Waals surface area contributed by atoms with E-state index in [1.54, 1.807) is 11.8 Å². The number of rotatable bonds is 9. The van der Waals surface area contributed by atoms with Gasteiger partial charge in [-0.2, -0.15) is 0 Å². The maximum atomic E-state index is 13.9. The van der Waals surface area contributed by atoms with Crippen LogP contribution in [0, 0.1) is 23.7 Å². The highest BCUT2D eigenvalue weighted by Crippen LogP contribution is 2.58. The number of carbonyl (C=O) groups is 2. The van der Waals surface area contributed by atoms with E-state index in [4.69, 9.17) is 9.72 Å². The Labute approximate surface area is 219 Å². The minimum absolute atomic E-state index is 0.0369. The van der Waals surface area contributed by atoms with Gasteiger partial charge in [0.2, 0.25) is 0 Å². The van der Waals surface area contributed by atoms with Crippen molar-refractivity contribution in [3.05, 3.63) is 17.7 Å². The Balaban J connectivity index is 1.36. The Hall–Kier alpha value is -1.80. The normalized spacial score (nSPS) is 33.1. The van der Waals surface area contributed by atoms with E-state index in [0.29, 0.717) is 23.9 Å². The van der Waals surface area contributed by atoms with Gasteiger partial charge in [0.1, 0.15) is 10.8 Å². The van der Waals surface area contributed by atoms with Gasteiger partial charge in [-0.25, -0.2) is 4.98 Å². The molecule has 0 aromatic carbocycles. The number of pyridine rings is 1. The minimum atomic E-state index is -0.737. The third kappa shape index (κ3) is 5.00. The molecule has 0 radical (unpaired) electrons. The van der Waals surface area contributed by atoms with Gasteiger partial charge in [-0.15, -0.1) is 11.8 Å². The molecule has 2 heterocycles. The zero-order valence-electron chi connectivity index (χ0n) is 21.9. The maximum Gasteiger partial charge on any atom is 0.303 e. The van der Waals surface area contributed by atoms with Crippen molar-refractivity contribution >= 4 is 29.5 Å². The van der Waals surface area contributed by atoms with Crippen LogP contribution in [0.4, 0.5) is 5.82 Å². The summed E-state index contributed by atoms with van der Waals surface area (Å²) >= 11 is 1.66. The van der Waals surface area contributed by atoms with Gasteiger partial charge in [-0.3, -0.25) is 9.59 Å². The average molecular weight is 516 g/mol. The lowest BCUT2D eigenvalue weighted by atomic mass is 9.52. The van der Waals surface area contributed by atoms with Gasteiger partial charge < -0.3 is 19.6 Å². The molecule has 36 heavy (non-hydrogen) atoms. The zero-order valence-corrected chi connectivity index (χ0v) is 22.8. The fraction of sp³-hybridized carbons (Fsp3) is 0.750. The number of amides is 1. The number of carboxylic acids is 1. The van der Waals surface area contributed by atoms with Crippen LogP contribution in [0.2, 0.25) is 0 Å². The quantitative estimate of drug-likeness (QED) is 0.467. The number of carbonyl (C=O) groups excluding carboxylic acids is 1. The third-order valence-corrected chi connectivity index (χ3v) is 10.4. The standard InChI is InChI=1S/C28H41N3O4S/c1-4-10-36-26-22(7-8-23(29-26)31-9-5-6-18(17-31)13-24(32)33)27(34)30(2)25-20-11-19-12-21(25)16-28(14-19,15-20)35-3/h7-8,18-21,25H,4-6,9-17H2,1-3H3,(H,32,33)/t18-,19?,20?,21?,25-,28-/m0/s1. The topological polar surface area (TPSA) is 83.0 Å². The number of aliphatic carboxylic acids is 1. The summed E-state index contributed by atoms with van der Waals surface area (Å²) in [6.45, 7) is 3.73. The first-order valence-electron chi connectivity index (χ1n) is 13.8. The van der Waals surface area contributed by atoms with Crippen LogP contribution in [-0.4, -0.2) is 71.5 Å². The molecule has 4 saturated carbocycles. The summed E-state index contributed by atoms with van der Waals surface area (Å²) in [7, 11) is 3.87. The largest absolute Gasteiger partial charge is 0.481 e. The molecule has 1 amide bonds. The summed E-state index contributed by atoms with van der Waals surface area (Å²) in [4.78, 5) is 34.4. The number of carboxylic acid groups (broad SMARTS) is 1. The van der Waals surface area contributed by atoms with E-state index in [0.717, 1.165) is 61.2 Å². The molecule has 1 aromatic rings. The second-order valence-corrected chi connectivity index (χ2v) is 12.8. The maximum absolute atomic E-state index is 13.9. The van der Waals surface area contributed by atoms with E-state index in [9.17, 15) is 14.7 Å². The Kier molecular flexibility index (Phi) is 7.55. The monoisotopic (exact) mass is 515 g/mol. The van der Waals surface area contributed by atoms with Crippen LogP contribution in [0.1, 0.15) is 75.1 Å². The fourth-order valence-electron chi connectivity index (χ4n) is 7.90. The van der Waals surface area contributed by atoms with E-state index in [-0.39, 0.29) is 29.9 Å². The van der Waals surface area contributed by atoms with Crippen molar-refractivity contribution < 1.29 is 19.4 Å². The molecule has 3 atom stereocenters. The van der Waals surface area contributed by atoms with E-state index >= 15 is 0 Å². The molecule has 4 aliphatic carbocycles. The molecule has 6 rings (SSSR count).